The molecule has 2 aromatic carbocycles. The molecule has 0 heterocycles. The summed E-state index contributed by atoms with van der Waals surface area (Å²) < 4.78 is 16.0. The molecule has 0 radical (unpaired) electrons. The Morgan fingerprint density at radius 2 is 1.40 bits per heavy atom. The second kappa shape index (κ2) is 16.4. The van der Waals surface area contributed by atoms with Crippen LogP contribution in [0.25, 0.3) is 6.08 Å². The van der Waals surface area contributed by atoms with Crippen molar-refractivity contribution < 1.29 is 34.2 Å². The number of carboxylic acid groups (broad SMARTS) is 1. The maximum atomic E-state index is 12.0. The molecule has 0 spiro atoms. The largest absolute Gasteiger partial charge is 0.514 e. The van der Waals surface area contributed by atoms with Crippen molar-refractivity contribution in [3.8, 4) is 5.75 Å². The average molecular weight is 581 g/mol. The van der Waals surface area contributed by atoms with Crippen molar-refractivity contribution in [3.05, 3.63) is 70.5 Å². The number of aliphatic carboxylic acids is 1. The number of nitrogens with two attached hydrogens (primary N) is 1. The van der Waals surface area contributed by atoms with Crippen molar-refractivity contribution in [1.82, 2.24) is 0 Å². The smallest absolute Gasteiger partial charge is 0.482 e. The van der Waals surface area contributed by atoms with E-state index in [9.17, 15) is 14.7 Å². The lowest BCUT2D eigenvalue weighted by molar-refractivity contribution is -0.725. The standard InChI is InChI=1S/C23H26O6.C12H23N/c1-15-11-18(12-16(2)20(15)28-22(26)29-23(3,4)5)13-19(21(24)25)27-14-17-9-7-6-8-10-17;1-3-7-11(8-4-1)13-12-9-5-2-6-10-12/h6-13H,14H2,1-5H3,(H,24,25);11-13H,1-10H2/p+1/b19-13-;. The minimum absolute atomic E-state index is 0.150. The topological polar surface area (TPSA) is 98.7 Å². The number of quaternary nitrogens is 1. The van der Waals surface area contributed by atoms with Gasteiger partial charge in [-0.3, -0.25) is 0 Å². The van der Waals surface area contributed by atoms with Gasteiger partial charge < -0.3 is 24.6 Å². The van der Waals surface area contributed by atoms with Gasteiger partial charge in [0, 0.05) is 0 Å². The predicted molar refractivity (Wildman–Crippen MR) is 165 cm³/mol. The highest BCUT2D eigenvalue weighted by Gasteiger charge is 2.23. The van der Waals surface area contributed by atoms with Crippen molar-refractivity contribution in [2.75, 3.05) is 0 Å². The monoisotopic (exact) mass is 580 g/mol. The number of hydrogen-bond donors (Lipinski definition) is 2. The maximum absolute atomic E-state index is 12.0. The van der Waals surface area contributed by atoms with Crippen LogP contribution in [0.4, 0.5) is 4.79 Å². The molecule has 2 fully saturated rings. The first-order valence-electron chi connectivity index (χ1n) is 15.5. The number of carboxylic acids is 1. The Hall–Kier alpha value is -3.32. The first kappa shape index (κ1) is 33.2. The van der Waals surface area contributed by atoms with Crippen molar-refractivity contribution in [2.24, 2.45) is 0 Å². The third kappa shape index (κ3) is 11.9. The fourth-order valence-corrected chi connectivity index (χ4v) is 5.67. The average Bonchev–Trinajstić information content (AvgIpc) is 2.94. The van der Waals surface area contributed by atoms with Gasteiger partial charge in [-0.15, -0.1) is 0 Å². The van der Waals surface area contributed by atoms with Gasteiger partial charge in [-0.1, -0.05) is 43.2 Å². The van der Waals surface area contributed by atoms with E-state index in [4.69, 9.17) is 14.2 Å². The van der Waals surface area contributed by atoms with Gasteiger partial charge in [0.25, 0.3) is 0 Å². The van der Waals surface area contributed by atoms with Crippen LogP contribution in [0.5, 0.6) is 5.75 Å². The molecule has 230 valence electrons. The lowest BCUT2D eigenvalue weighted by Crippen LogP contribution is -2.95. The minimum Gasteiger partial charge on any atom is -0.482 e. The molecule has 2 saturated carbocycles. The highest BCUT2D eigenvalue weighted by Crippen LogP contribution is 2.27. The summed E-state index contributed by atoms with van der Waals surface area (Å²) in [5.74, 6) is -0.947. The summed E-state index contributed by atoms with van der Waals surface area (Å²) in [5, 5.41) is 12.2. The quantitative estimate of drug-likeness (QED) is 0.145. The molecular formula is C35H50NO6+. The van der Waals surface area contributed by atoms with E-state index in [0.717, 1.165) is 17.6 Å². The van der Waals surface area contributed by atoms with Crippen LogP contribution in [-0.4, -0.2) is 34.9 Å². The molecule has 3 N–H and O–H groups in total. The molecule has 2 aromatic rings. The summed E-state index contributed by atoms with van der Waals surface area (Å²) in [5.41, 5.74) is 2.19. The number of carbonyl (C=O) groups is 2. The molecule has 0 bridgehead atoms. The van der Waals surface area contributed by atoms with Crippen molar-refractivity contribution in [1.29, 1.82) is 0 Å². The summed E-state index contributed by atoms with van der Waals surface area (Å²) in [6.07, 6.45) is 15.6. The number of hydrogen-bond acceptors (Lipinski definition) is 5. The highest BCUT2D eigenvalue weighted by atomic mass is 16.7. The van der Waals surface area contributed by atoms with Gasteiger partial charge in [0.2, 0.25) is 5.76 Å². The van der Waals surface area contributed by atoms with E-state index in [0.29, 0.717) is 22.4 Å². The highest BCUT2D eigenvalue weighted by molar-refractivity contribution is 5.90. The molecule has 0 unspecified atom stereocenters. The van der Waals surface area contributed by atoms with E-state index in [2.05, 4.69) is 5.32 Å². The molecule has 0 saturated heterocycles. The first-order chi connectivity index (χ1) is 20.0. The fourth-order valence-electron chi connectivity index (χ4n) is 5.67. The lowest BCUT2D eigenvalue weighted by Gasteiger charge is -2.27. The summed E-state index contributed by atoms with van der Waals surface area (Å²) in [7, 11) is 0. The molecule has 7 heteroatoms. The Morgan fingerprint density at radius 1 is 0.881 bits per heavy atom. The van der Waals surface area contributed by atoms with E-state index in [1.54, 1.807) is 46.8 Å². The van der Waals surface area contributed by atoms with Crippen LogP contribution in [0, 0.1) is 13.8 Å². The normalized spacial score (nSPS) is 16.6. The Labute approximate surface area is 251 Å². The van der Waals surface area contributed by atoms with Gasteiger partial charge in [-0.25, -0.2) is 9.59 Å². The number of benzene rings is 2. The Bertz CT molecular complexity index is 1130. The van der Waals surface area contributed by atoms with E-state index in [1.165, 1.54) is 70.3 Å². The molecule has 42 heavy (non-hydrogen) atoms. The van der Waals surface area contributed by atoms with E-state index < -0.39 is 17.7 Å². The van der Waals surface area contributed by atoms with Crippen LogP contribution in [0.3, 0.4) is 0 Å². The van der Waals surface area contributed by atoms with Crippen LogP contribution >= 0.6 is 0 Å². The molecule has 0 amide bonds. The van der Waals surface area contributed by atoms with Gasteiger partial charge >= 0.3 is 12.1 Å². The number of carbonyl (C=O) groups excluding carboxylic acids is 1. The second-order valence-corrected chi connectivity index (χ2v) is 12.6. The van der Waals surface area contributed by atoms with Crippen LogP contribution in [0.15, 0.2) is 48.2 Å². The van der Waals surface area contributed by atoms with Gasteiger partial charge in [-0.05, 0) is 126 Å². The number of aryl methyl sites for hydroxylation is 2. The summed E-state index contributed by atoms with van der Waals surface area (Å²) in [6, 6.07) is 14.8. The molecule has 7 nitrogen and oxygen atoms in total. The van der Waals surface area contributed by atoms with E-state index in [1.807, 2.05) is 30.3 Å². The zero-order valence-corrected chi connectivity index (χ0v) is 26.1. The van der Waals surface area contributed by atoms with Crippen molar-refractivity contribution in [2.45, 2.75) is 123 Å². The van der Waals surface area contributed by atoms with Crippen molar-refractivity contribution in [3.63, 3.8) is 0 Å². The minimum atomic E-state index is -1.16. The molecule has 0 aliphatic heterocycles. The molecular weight excluding hydrogens is 530 g/mol. The van der Waals surface area contributed by atoms with Gasteiger partial charge in [0.1, 0.15) is 18.0 Å². The second-order valence-electron chi connectivity index (χ2n) is 12.6. The summed E-state index contributed by atoms with van der Waals surface area (Å²) >= 11 is 0. The van der Waals surface area contributed by atoms with Crippen LogP contribution in [-0.2, 0) is 20.9 Å². The molecule has 0 aromatic heterocycles. The van der Waals surface area contributed by atoms with Gasteiger partial charge in [0.05, 0.1) is 12.1 Å². The van der Waals surface area contributed by atoms with Crippen LogP contribution in [0.1, 0.15) is 107 Å². The number of rotatable bonds is 8. The van der Waals surface area contributed by atoms with Crippen molar-refractivity contribution >= 4 is 18.2 Å². The lowest BCUT2D eigenvalue weighted by atomic mass is 9.91. The summed E-state index contributed by atoms with van der Waals surface area (Å²) in [6.45, 7) is 8.96. The number of ether oxygens (including phenoxy) is 3. The molecule has 4 rings (SSSR count). The van der Waals surface area contributed by atoms with Crippen LogP contribution < -0.4 is 10.1 Å². The Morgan fingerprint density at radius 3 is 1.88 bits per heavy atom. The molecule has 0 atom stereocenters. The Balaban J connectivity index is 0.000000307. The van der Waals surface area contributed by atoms with Crippen LogP contribution in [0.2, 0.25) is 0 Å². The zero-order chi connectivity index (χ0) is 30.5. The van der Waals surface area contributed by atoms with Gasteiger partial charge in [0.15, 0.2) is 0 Å². The van der Waals surface area contributed by atoms with E-state index >= 15 is 0 Å². The maximum Gasteiger partial charge on any atom is 0.514 e. The third-order valence-corrected chi connectivity index (χ3v) is 7.65. The molecule has 2 aliphatic carbocycles. The SMILES string of the molecule is C1CCC([NH2+]C2CCCCC2)CC1.Cc1cc(/C=C(\OCc2ccccc2)C(=O)O)cc(C)c1OC(=O)OC(C)(C)C. The third-order valence-electron chi connectivity index (χ3n) is 7.65. The molecule has 2 aliphatic rings. The van der Waals surface area contributed by atoms with E-state index in [-0.39, 0.29) is 12.4 Å². The predicted octanol–water partition coefficient (Wildman–Crippen LogP) is 7.47. The van der Waals surface area contributed by atoms with Gasteiger partial charge in [-0.2, -0.15) is 0 Å². The zero-order valence-electron chi connectivity index (χ0n) is 26.1. The Kier molecular flexibility index (Phi) is 12.9. The fraction of sp³-hybridized carbons (Fsp3) is 0.543. The summed E-state index contributed by atoms with van der Waals surface area (Å²) in [4.78, 5) is 23.5. The first-order valence-corrected chi connectivity index (χ1v) is 15.5.